The van der Waals surface area contributed by atoms with Gasteiger partial charge in [0.1, 0.15) is 25.1 Å². The monoisotopic (exact) mass is 1390 g/mol. The Labute approximate surface area is 579 Å². The Hall–Kier alpha value is -10.5. The third-order valence-electron chi connectivity index (χ3n) is 18.9. The van der Waals surface area contributed by atoms with Gasteiger partial charge >= 0.3 is 18.2 Å². The van der Waals surface area contributed by atoms with Crippen LogP contribution in [0.5, 0.6) is 0 Å². The number of hydrogen-bond donors (Lipinski definition) is 6. The minimum atomic E-state index is -2.07. The summed E-state index contributed by atoms with van der Waals surface area (Å²) in [6.45, 7) is 5.33. The summed E-state index contributed by atoms with van der Waals surface area (Å²) in [5.74, 6) is -5.62. The first kappa shape index (κ1) is 70.8. The molecule has 11 rings (SSSR count). The maximum atomic E-state index is 15.6. The van der Waals surface area contributed by atoms with E-state index in [1.165, 1.54) is 51.4 Å². The summed E-state index contributed by atoms with van der Waals surface area (Å²) in [4.78, 5) is 170. The highest BCUT2D eigenvalue weighted by Gasteiger charge is 2.52. The second-order valence-corrected chi connectivity index (χ2v) is 26.7. The van der Waals surface area contributed by atoms with Crippen LogP contribution in [0.25, 0.3) is 22.3 Å². The number of halogens is 1. The maximum absolute atomic E-state index is 15.6. The summed E-state index contributed by atoms with van der Waals surface area (Å²) in [5.41, 5.74) is 4.11. The van der Waals surface area contributed by atoms with Crippen LogP contribution in [0, 0.1) is 19.7 Å². The Morgan fingerprint density at radius 1 is 0.840 bits per heavy atom. The van der Waals surface area contributed by atoms with E-state index in [9.17, 15) is 57.5 Å². The number of ether oxygens (including phenoxy) is 3. The minimum absolute atomic E-state index is 0.0139. The Bertz CT molecular complexity index is 4380. The van der Waals surface area contributed by atoms with Crippen LogP contribution in [0.2, 0.25) is 0 Å². The fourth-order valence-electron chi connectivity index (χ4n) is 13.6. The van der Waals surface area contributed by atoms with Gasteiger partial charge in [-0.05, 0) is 128 Å². The van der Waals surface area contributed by atoms with Crippen molar-refractivity contribution in [3.63, 3.8) is 0 Å². The van der Waals surface area contributed by atoms with E-state index in [4.69, 9.17) is 19.2 Å². The Balaban J connectivity index is 0.660. The van der Waals surface area contributed by atoms with E-state index in [0.717, 1.165) is 27.8 Å². The van der Waals surface area contributed by atoms with Crippen LogP contribution in [-0.4, -0.2) is 148 Å². The molecule has 0 bridgehead atoms. The standard InChI is InChI=1S/C72H78FN11O15S/c1-7-9-17-57(85)78-52-23-22-47-40(4)51(73)30-53-62(47)63(52)48-36-83-55(64(48)80-53)29-50-49(67(83)92)38-97-69(94)72(50,8-2)99-70(95)81(5)35-45-16-13-24-82(45)71(96)98-37-42-18-20-44(21-19-42)77-59(87)34-76-66(91)54(27-41-14-11-10-12-15-41)79-60(88)33-74-58(86)32-75-65(90)43-25-39(3)26-46(28-43)84-61(89)31-56(100-6)68(84)93/h10-12,14-15,18-21,25-26,28-30,45,52,54,56H,7-9,13,16-17,22-24,27,31-38H2,1-6H3,(H,74,86)(H,75,90)(H,76,91)(H,77,87)(H,78,85)(H,79,88)/t45-,52-,54-,56?,72-/m0/s1. The zero-order chi connectivity index (χ0) is 71.3. The molecule has 5 aliphatic rings. The van der Waals surface area contributed by atoms with E-state index in [1.807, 2.05) is 6.92 Å². The van der Waals surface area contributed by atoms with Crippen molar-refractivity contribution >= 4 is 99.5 Å². The number of carbonyl (C=O) groups is 11. The number of fused-ring (bicyclic) bond motifs is 5. The molecule has 4 aliphatic heterocycles. The zero-order valence-electron chi connectivity index (χ0n) is 56.3. The van der Waals surface area contributed by atoms with Gasteiger partial charge in [0.2, 0.25) is 47.0 Å². The molecule has 26 nitrogen and oxygen atoms in total. The number of amides is 10. The fourth-order valence-corrected chi connectivity index (χ4v) is 14.3. The summed E-state index contributed by atoms with van der Waals surface area (Å²) in [7, 11) is 1.47. The van der Waals surface area contributed by atoms with Crippen LogP contribution in [0.15, 0.2) is 89.7 Å². The van der Waals surface area contributed by atoms with Crippen molar-refractivity contribution in [3.05, 3.63) is 157 Å². The van der Waals surface area contributed by atoms with Crippen molar-refractivity contribution in [1.29, 1.82) is 0 Å². The number of hydrogen-bond acceptors (Lipinski definition) is 17. The second kappa shape index (κ2) is 30.3. The molecule has 6 aromatic rings. The highest BCUT2D eigenvalue weighted by Crippen LogP contribution is 2.47. The Morgan fingerprint density at radius 2 is 1.59 bits per heavy atom. The summed E-state index contributed by atoms with van der Waals surface area (Å²) >= 11 is 1.26. The van der Waals surface area contributed by atoms with Gasteiger partial charge in [0.05, 0.1) is 71.7 Å². The third kappa shape index (κ3) is 14.9. The molecule has 10 amide bonds. The molecule has 2 fully saturated rings. The van der Waals surface area contributed by atoms with Gasteiger partial charge in [-0.1, -0.05) is 62.7 Å². The normalized spacial score (nSPS) is 18.2. The van der Waals surface area contributed by atoms with E-state index in [-0.39, 0.29) is 85.7 Å². The van der Waals surface area contributed by atoms with E-state index < -0.39 is 108 Å². The zero-order valence-corrected chi connectivity index (χ0v) is 57.1. The molecule has 6 heterocycles. The lowest BCUT2D eigenvalue weighted by atomic mass is 9.81. The number of imide groups is 1. The molecule has 1 unspecified atom stereocenters. The molecule has 5 atom stereocenters. The van der Waals surface area contributed by atoms with Gasteiger partial charge in [-0.25, -0.2) is 28.7 Å². The lowest BCUT2D eigenvalue weighted by Gasteiger charge is -2.37. The first-order valence-corrected chi connectivity index (χ1v) is 34.6. The molecule has 100 heavy (non-hydrogen) atoms. The summed E-state index contributed by atoms with van der Waals surface area (Å²) in [6.07, 6.45) is 4.12. The van der Waals surface area contributed by atoms with Crippen molar-refractivity contribution in [3.8, 4) is 11.4 Å². The number of aryl methyl sites for hydroxylation is 2. The number of cyclic esters (lactones) is 1. The predicted octanol–water partition coefficient (Wildman–Crippen LogP) is 6.33. The number of aromatic nitrogens is 2. The average molecular weight is 1390 g/mol. The number of rotatable bonds is 24. The highest BCUT2D eigenvalue weighted by atomic mass is 32.2. The average Bonchev–Trinajstić information content (AvgIpc) is 1.47. The molecule has 524 valence electrons. The predicted molar refractivity (Wildman–Crippen MR) is 366 cm³/mol. The topological polar surface area (TPSA) is 332 Å². The molecule has 1 aliphatic carbocycles. The second-order valence-electron chi connectivity index (χ2n) is 25.6. The van der Waals surface area contributed by atoms with Crippen LogP contribution < -0.4 is 42.4 Å². The van der Waals surface area contributed by atoms with E-state index in [2.05, 4.69) is 31.9 Å². The quantitative estimate of drug-likeness (QED) is 0.0219. The van der Waals surface area contributed by atoms with Gasteiger partial charge in [-0.15, -0.1) is 0 Å². The lowest BCUT2D eigenvalue weighted by Crippen LogP contribution is -2.52. The minimum Gasteiger partial charge on any atom is -0.457 e. The molecule has 2 aromatic heterocycles. The number of carbonyl (C=O) groups excluding carboxylic acids is 11. The first-order valence-electron chi connectivity index (χ1n) is 33.3. The van der Waals surface area contributed by atoms with Crippen molar-refractivity contribution in [1.82, 2.24) is 45.9 Å². The number of likely N-dealkylation sites (N-methyl/N-ethyl adjacent to an activating group) is 1. The van der Waals surface area contributed by atoms with Crippen LogP contribution in [0.1, 0.15) is 132 Å². The molecular weight excluding hydrogens is 1310 g/mol. The number of unbranched alkanes of at least 4 members (excludes halogenated alkanes) is 1. The van der Waals surface area contributed by atoms with Crippen LogP contribution in [0.4, 0.5) is 25.4 Å². The number of pyridine rings is 2. The number of benzene rings is 4. The number of thioether (sulfide) groups is 1. The summed E-state index contributed by atoms with van der Waals surface area (Å²) in [6, 6.07) is 20.6. The molecule has 6 N–H and O–H groups in total. The Kier molecular flexibility index (Phi) is 21.5. The highest BCUT2D eigenvalue weighted by molar-refractivity contribution is 8.00. The fraction of sp³-hybridized carbons (Fsp3) is 0.403. The van der Waals surface area contributed by atoms with Crippen molar-refractivity contribution in [2.75, 3.05) is 56.2 Å². The molecule has 4 aromatic carbocycles. The Morgan fingerprint density at radius 3 is 2.32 bits per heavy atom. The van der Waals surface area contributed by atoms with Gasteiger partial charge in [-0.2, -0.15) is 11.8 Å². The van der Waals surface area contributed by atoms with Gasteiger partial charge in [-0.3, -0.25) is 43.2 Å². The van der Waals surface area contributed by atoms with Crippen molar-refractivity contribution < 1.29 is 71.3 Å². The van der Waals surface area contributed by atoms with Gasteiger partial charge < -0.3 is 60.5 Å². The largest absolute Gasteiger partial charge is 0.457 e. The molecule has 0 saturated carbocycles. The van der Waals surface area contributed by atoms with E-state index in [0.29, 0.717) is 95.5 Å². The molecular formula is C72H78FN11O15S. The smallest absolute Gasteiger partial charge is 0.411 e. The molecule has 28 heteroatoms. The lowest BCUT2D eigenvalue weighted by molar-refractivity contribution is -0.173. The third-order valence-corrected chi connectivity index (χ3v) is 19.8. The summed E-state index contributed by atoms with van der Waals surface area (Å²) in [5, 5.41) is 16.2. The number of esters is 1. The SMILES string of the molecule is CCCCC(=O)N[C@H]1CCc2c(C)c(F)cc3nc4c(c1c23)Cn1c-4cc2c(c1=O)COC(=O)[C@@]2(CC)OC(=O)N(C)C[C@@H]1CCCN1C(=O)OCc1ccc(NC(=O)CNC(=O)[C@H](Cc2ccccc2)NC(=O)CNC(=O)CNC(=O)c2cc(C)cc(N3C(=O)CC(SC)C3=O)c2)cc1. The maximum Gasteiger partial charge on any atom is 0.411 e. The number of anilines is 2. The van der Waals surface area contributed by atoms with Gasteiger partial charge in [0.25, 0.3) is 11.5 Å². The molecule has 2 saturated heterocycles. The van der Waals surface area contributed by atoms with Gasteiger partial charge in [0, 0.05) is 73.2 Å². The van der Waals surface area contributed by atoms with Crippen LogP contribution >= 0.6 is 11.8 Å². The number of nitrogens with zero attached hydrogens (tertiary/aromatic N) is 5. The molecule has 0 radical (unpaired) electrons. The number of nitrogens with one attached hydrogen (secondary N) is 6. The van der Waals surface area contributed by atoms with Crippen molar-refractivity contribution in [2.24, 2.45) is 0 Å². The summed E-state index contributed by atoms with van der Waals surface area (Å²) < 4.78 is 34.7. The number of likely N-dealkylation sites (tertiary alicyclic amines) is 1. The van der Waals surface area contributed by atoms with Crippen molar-refractivity contribution in [2.45, 2.75) is 141 Å². The van der Waals surface area contributed by atoms with Crippen LogP contribution in [0.3, 0.4) is 0 Å². The van der Waals surface area contributed by atoms with E-state index in [1.54, 1.807) is 93.8 Å². The van der Waals surface area contributed by atoms with E-state index >= 15 is 4.39 Å². The van der Waals surface area contributed by atoms with Crippen LogP contribution in [-0.2, 0) is 90.8 Å². The first-order chi connectivity index (χ1) is 48.0. The van der Waals surface area contributed by atoms with Gasteiger partial charge in [0.15, 0.2) is 0 Å². The molecule has 0 spiro atoms.